The number of allylic oxidation sites excluding steroid dienone is 1. The minimum absolute atomic E-state index is 0.134. The fourth-order valence-corrected chi connectivity index (χ4v) is 2.90. The number of benzene rings is 1. The topological polar surface area (TPSA) is 72.2 Å². The van der Waals surface area contributed by atoms with E-state index in [2.05, 4.69) is 11.9 Å². The number of amides is 2. The maximum Gasteiger partial charge on any atom is 0.224 e. The first-order chi connectivity index (χ1) is 10.7. The smallest absolute Gasteiger partial charge is 0.224 e. The van der Waals surface area contributed by atoms with Gasteiger partial charge in [0.25, 0.3) is 0 Å². The lowest BCUT2D eigenvalue weighted by Crippen LogP contribution is -2.46. The molecule has 0 fully saturated rings. The van der Waals surface area contributed by atoms with E-state index in [1.807, 2.05) is 58.0 Å². The van der Waals surface area contributed by atoms with Crippen LogP contribution in [0.25, 0.3) is 0 Å². The first kappa shape index (κ1) is 18.9. The Balaban J connectivity index is 3.01. The third kappa shape index (κ3) is 5.23. The third-order valence-corrected chi connectivity index (χ3v) is 4.06. The Labute approximate surface area is 139 Å². The van der Waals surface area contributed by atoms with Crippen molar-refractivity contribution < 1.29 is 9.59 Å². The maximum atomic E-state index is 12.8. The molecule has 3 atom stereocenters. The van der Waals surface area contributed by atoms with E-state index in [9.17, 15) is 9.59 Å². The van der Waals surface area contributed by atoms with Crippen LogP contribution in [-0.2, 0) is 9.59 Å². The quantitative estimate of drug-likeness (QED) is 0.758. The summed E-state index contributed by atoms with van der Waals surface area (Å²) in [6.45, 7) is 11.4. The van der Waals surface area contributed by atoms with Crippen molar-refractivity contribution in [3.63, 3.8) is 0 Å². The molecule has 0 heterocycles. The second-order valence-corrected chi connectivity index (χ2v) is 7.02. The highest BCUT2D eigenvalue weighted by molar-refractivity contribution is 5.87. The normalized spacial score (nSPS) is 15.3. The van der Waals surface area contributed by atoms with Crippen molar-refractivity contribution in [1.82, 2.24) is 5.32 Å². The van der Waals surface area contributed by atoms with Crippen LogP contribution >= 0.6 is 0 Å². The minimum atomic E-state index is -0.560. The summed E-state index contributed by atoms with van der Waals surface area (Å²) in [6.07, 6.45) is 2.03. The number of carbonyl (C=O) groups is 2. The zero-order valence-electron chi connectivity index (χ0n) is 14.5. The minimum Gasteiger partial charge on any atom is -0.369 e. The summed E-state index contributed by atoms with van der Waals surface area (Å²) in [5.41, 5.74) is 6.17. The van der Waals surface area contributed by atoms with Gasteiger partial charge in [0, 0.05) is 0 Å². The van der Waals surface area contributed by atoms with Gasteiger partial charge in [0.1, 0.15) is 0 Å². The number of nitrogens with two attached hydrogens (primary N) is 1. The average molecular weight is 316 g/mol. The fraction of sp³-hybridized carbons (Fsp3) is 0.474. The molecule has 1 aromatic carbocycles. The van der Waals surface area contributed by atoms with E-state index in [1.165, 1.54) is 0 Å². The van der Waals surface area contributed by atoms with Gasteiger partial charge in [-0.05, 0) is 24.3 Å². The summed E-state index contributed by atoms with van der Waals surface area (Å²) in [6, 6.07) is 9.60. The highest BCUT2D eigenvalue weighted by atomic mass is 16.2. The van der Waals surface area contributed by atoms with Crippen molar-refractivity contribution in [1.29, 1.82) is 0 Å². The third-order valence-electron chi connectivity index (χ3n) is 4.06. The Morgan fingerprint density at radius 2 is 1.83 bits per heavy atom. The summed E-state index contributed by atoms with van der Waals surface area (Å²) in [7, 11) is 0. The van der Waals surface area contributed by atoms with Crippen molar-refractivity contribution in [3.8, 4) is 0 Å². The van der Waals surface area contributed by atoms with Gasteiger partial charge in [-0.15, -0.1) is 6.58 Å². The van der Waals surface area contributed by atoms with Crippen LogP contribution in [0.15, 0.2) is 43.0 Å². The van der Waals surface area contributed by atoms with Crippen LogP contribution in [0.1, 0.15) is 45.7 Å². The molecule has 1 aromatic rings. The van der Waals surface area contributed by atoms with Crippen molar-refractivity contribution in [2.24, 2.45) is 23.0 Å². The molecule has 0 aliphatic rings. The van der Waals surface area contributed by atoms with Gasteiger partial charge in [0.15, 0.2) is 0 Å². The number of carbonyl (C=O) groups excluding carboxylic acids is 2. The fourth-order valence-electron chi connectivity index (χ4n) is 2.90. The second kappa shape index (κ2) is 7.95. The lowest BCUT2D eigenvalue weighted by atomic mass is 9.71. The molecule has 0 aliphatic heterocycles. The predicted molar refractivity (Wildman–Crippen MR) is 93.4 cm³/mol. The number of hydrogen-bond acceptors (Lipinski definition) is 2. The highest BCUT2D eigenvalue weighted by Crippen LogP contribution is 2.35. The Hall–Kier alpha value is -2.10. The number of nitrogens with one attached hydrogen (secondary N) is 1. The number of hydrogen-bond donors (Lipinski definition) is 2. The summed E-state index contributed by atoms with van der Waals surface area (Å²) in [5.74, 6) is -1.69. The molecule has 23 heavy (non-hydrogen) atoms. The van der Waals surface area contributed by atoms with Crippen LogP contribution in [0.5, 0.6) is 0 Å². The Morgan fingerprint density at radius 3 is 2.26 bits per heavy atom. The molecule has 0 saturated carbocycles. The lowest BCUT2D eigenvalue weighted by molar-refractivity contribution is -0.138. The van der Waals surface area contributed by atoms with Gasteiger partial charge >= 0.3 is 0 Å². The second-order valence-electron chi connectivity index (χ2n) is 7.02. The molecule has 0 spiro atoms. The largest absolute Gasteiger partial charge is 0.369 e. The van der Waals surface area contributed by atoms with Crippen LogP contribution in [0, 0.1) is 17.3 Å². The number of primary amides is 1. The Kier molecular flexibility index (Phi) is 6.55. The molecule has 0 aliphatic carbocycles. The summed E-state index contributed by atoms with van der Waals surface area (Å²) < 4.78 is 0. The predicted octanol–water partition coefficient (Wildman–Crippen LogP) is 3.20. The van der Waals surface area contributed by atoms with Crippen LogP contribution in [-0.4, -0.2) is 11.8 Å². The highest BCUT2D eigenvalue weighted by Gasteiger charge is 2.40. The molecule has 126 valence electrons. The first-order valence-corrected chi connectivity index (χ1v) is 7.94. The molecule has 3 N–H and O–H groups in total. The van der Waals surface area contributed by atoms with Crippen LogP contribution < -0.4 is 11.1 Å². The van der Waals surface area contributed by atoms with Crippen molar-refractivity contribution in [2.75, 3.05) is 0 Å². The molecule has 4 nitrogen and oxygen atoms in total. The molecule has 0 radical (unpaired) electrons. The first-order valence-electron chi connectivity index (χ1n) is 7.94. The van der Waals surface area contributed by atoms with Gasteiger partial charge < -0.3 is 11.1 Å². The van der Waals surface area contributed by atoms with Crippen LogP contribution in [0.2, 0.25) is 0 Å². The van der Waals surface area contributed by atoms with E-state index in [0.717, 1.165) is 5.56 Å². The maximum absolute atomic E-state index is 12.8. The van der Waals surface area contributed by atoms with Gasteiger partial charge in [-0.1, -0.05) is 57.2 Å². The monoisotopic (exact) mass is 316 g/mol. The Morgan fingerprint density at radius 1 is 1.26 bits per heavy atom. The van der Waals surface area contributed by atoms with Crippen molar-refractivity contribution in [3.05, 3.63) is 48.6 Å². The van der Waals surface area contributed by atoms with Gasteiger partial charge in [0.05, 0.1) is 17.9 Å². The molecule has 0 saturated heterocycles. The van der Waals surface area contributed by atoms with Gasteiger partial charge in [-0.3, -0.25) is 9.59 Å². The standard InChI is InChI=1S/C19H28N2O2/c1-6-10-15(17(20)22)16(19(3,4)5)18(23)21-13(2)14-11-8-7-9-12-14/h6-9,11-13,15-16H,1,10H2,2-5H3,(H2,20,22)(H,21,23)/t13-,15?,16-/m1/s1. The van der Waals surface area contributed by atoms with E-state index in [-0.39, 0.29) is 17.4 Å². The van der Waals surface area contributed by atoms with Crippen molar-refractivity contribution in [2.45, 2.75) is 40.2 Å². The molecule has 2 amide bonds. The molecule has 4 heteroatoms. The van der Waals surface area contributed by atoms with E-state index in [4.69, 9.17) is 5.73 Å². The van der Waals surface area contributed by atoms with E-state index >= 15 is 0 Å². The van der Waals surface area contributed by atoms with Crippen LogP contribution in [0.4, 0.5) is 0 Å². The Bertz CT molecular complexity index is 546. The number of rotatable bonds is 7. The molecule has 1 rings (SSSR count). The van der Waals surface area contributed by atoms with Crippen LogP contribution in [0.3, 0.4) is 0 Å². The van der Waals surface area contributed by atoms with E-state index < -0.39 is 17.7 Å². The molecular weight excluding hydrogens is 288 g/mol. The van der Waals surface area contributed by atoms with E-state index in [1.54, 1.807) is 6.08 Å². The zero-order chi connectivity index (χ0) is 17.6. The van der Waals surface area contributed by atoms with Gasteiger partial charge in [-0.25, -0.2) is 0 Å². The average Bonchev–Trinajstić information content (AvgIpc) is 2.46. The molecule has 0 bridgehead atoms. The van der Waals surface area contributed by atoms with Crippen molar-refractivity contribution >= 4 is 11.8 Å². The molecule has 0 aromatic heterocycles. The molecular formula is C19H28N2O2. The summed E-state index contributed by atoms with van der Waals surface area (Å²) in [5, 5.41) is 3.02. The summed E-state index contributed by atoms with van der Waals surface area (Å²) >= 11 is 0. The van der Waals surface area contributed by atoms with Gasteiger partial charge in [-0.2, -0.15) is 0 Å². The molecule has 1 unspecified atom stereocenters. The lowest BCUT2D eigenvalue weighted by Gasteiger charge is -2.35. The zero-order valence-corrected chi connectivity index (χ0v) is 14.5. The van der Waals surface area contributed by atoms with Gasteiger partial charge in [0.2, 0.25) is 11.8 Å². The van der Waals surface area contributed by atoms with E-state index in [0.29, 0.717) is 6.42 Å². The summed E-state index contributed by atoms with van der Waals surface area (Å²) in [4.78, 5) is 24.7. The SMILES string of the molecule is C=CCC(C(N)=O)[C@H](C(=O)N[C@H](C)c1ccccc1)C(C)(C)C.